The molecular weight excluding hydrogens is 408 g/mol. The zero-order chi connectivity index (χ0) is 20.1. The average Bonchev–Trinajstić information content (AvgIpc) is 3.29. The minimum Gasteiger partial charge on any atom is -0.485 e. The summed E-state index contributed by atoms with van der Waals surface area (Å²) in [6, 6.07) is 7.40. The first-order valence-corrected chi connectivity index (χ1v) is 12.8. The number of carbonyl (C=O) groups excluding carboxylic acids is 2. The minimum absolute atomic E-state index is 0.0569. The second kappa shape index (κ2) is 9.98. The molecule has 6 nitrogen and oxygen atoms in total. The fraction of sp³-hybridized carbons (Fsp3) is 0.619. The first kappa shape index (κ1) is 20.7. The van der Waals surface area contributed by atoms with Crippen molar-refractivity contribution in [2.45, 2.75) is 43.5 Å². The van der Waals surface area contributed by atoms with E-state index in [2.05, 4.69) is 0 Å². The molecule has 29 heavy (non-hydrogen) atoms. The summed E-state index contributed by atoms with van der Waals surface area (Å²) in [4.78, 5) is 29.0. The molecule has 158 valence electrons. The van der Waals surface area contributed by atoms with Crippen molar-refractivity contribution in [2.75, 3.05) is 38.5 Å². The number of benzene rings is 1. The van der Waals surface area contributed by atoms with Gasteiger partial charge < -0.3 is 19.3 Å². The standard InChI is InChI=1S/C21H28N2O4S2/c24-20(8-4-1-5-16-9-14-28-29-16)22-10-12-23(13-11-22)21(25)19-15-26-17-6-2-3-7-18(17)27-19/h2-3,6-7,16,19H,1,4-5,8-15H2. The molecule has 2 saturated heterocycles. The molecule has 3 aliphatic heterocycles. The van der Waals surface area contributed by atoms with Gasteiger partial charge >= 0.3 is 0 Å². The molecule has 3 aliphatic rings. The highest BCUT2D eigenvalue weighted by Gasteiger charge is 2.33. The lowest BCUT2D eigenvalue weighted by molar-refractivity contribution is -0.146. The van der Waals surface area contributed by atoms with Gasteiger partial charge in [-0.05, 0) is 31.4 Å². The largest absolute Gasteiger partial charge is 0.485 e. The van der Waals surface area contributed by atoms with Crippen LogP contribution in [-0.4, -0.2) is 71.5 Å². The van der Waals surface area contributed by atoms with Crippen LogP contribution in [0.2, 0.25) is 0 Å². The highest BCUT2D eigenvalue weighted by Crippen LogP contribution is 2.40. The van der Waals surface area contributed by atoms with Crippen molar-refractivity contribution in [3.8, 4) is 11.5 Å². The lowest BCUT2D eigenvalue weighted by Gasteiger charge is -2.37. The normalized spacial score (nSPS) is 23.9. The lowest BCUT2D eigenvalue weighted by atomic mass is 10.1. The van der Waals surface area contributed by atoms with Crippen LogP contribution in [0.25, 0.3) is 0 Å². The lowest BCUT2D eigenvalue weighted by Crippen LogP contribution is -2.55. The molecular formula is C21H28N2O4S2. The topological polar surface area (TPSA) is 59.1 Å². The van der Waals surface area contributed by atoms with Crippen molar-refractivity contribution in [2.24, 2.45) is 0 Å². The number of unbranched alkanes of at least 4 members (excludes halogenated alkanes) is 1. The molecule has 8 heteroatoms. The Morgan fingerprint density at radius 1 is 1.03 bits per heavy atom. The third-order valence-electron chi connectivity index (χ3n) is 5.62. The maximum absolute atomic E-state index is 12.8. The zero-order valence-corrected chi connectivity index (χ0v) is 18.2. The number of nitrogens with zero attached hydrogens (tertiary/aromatic N) is 2. The van der Waals surface area contributed by atoms with Crippen LogP contribution in [-0.2, 0) is 9.59 Å². The molecule has 1 aromatic rings. The van der Waals surface area contributed by atoms with E-state index in [9.17, 15) is 9.59 Å². The number of hydrogen-bond acceptors (Lipinski definition) is 6. The number of ether oxygens (including phenoxy) is 2. The summed E-state index contributed by atoms with van der Waals surface area (Å²) in [5.74, 6) is 2.72. The van der Waals surface area contributed by atoms with Gasteiger partial charge in [0, 0.05) is 43.6 Å². The van der Waals surface area contributed by atoms with E-state index in [-0.39, 0.29) is 18.4 Å². The van der Waals surface area contributed by atoms with Gasteiger partial charge in [-0.2, -0.15) is 0 Å². The van der Waals surface area contributed by atoms with E-state index < -0.39 is 6.10 Å². The van der Waals surface area contributed by atoms with Crippen LogP contribution < -0.4 is 9.47 Å². The quantitative estimate of drug-likeness (QED) is 0.504. The smallest absolute Gasteiger partial charge is 0.267 e. The van der Waals surface area contributed by atoms with Crippen LogP contribution in [0.5, 0.6) is 11.5 Å². The molecule has 2 unspecified atom stereocenters. The number of hydrogen-bond donors (Lipinski definition) is 0. The maximum atomic E-state index is 12.8. The van der Waals surface area contributed by atoms with Crippen LogP contribution in [0, 0.1) is 0 Å². The van der Waals surface area contributed by atoms with Gasteiger partial charge in [-0.25, -0.2) is 0 Å². The van der Waals surface area contributed by atoms with E-state index in [1.807, 2.05) is 50.8 Å². The number of fused-ring (bicyclic) bond motifs is 1. The van der Waals surface area contributed by atoms with E-state index in [1.54, 1.807) is 4.90 Å². The van der Waals surface area contributed by atoms with Gasteiger partial charge in [-0.15, -0.1) is 0 Å². The summed E-state index contributed by atoms with van der Waals surface area (Å²) in [5, 5.41) is 0.780. The highest BCUT2D eigenvalue weighted by atomic mass is 33.1. The Morgan fingerprint density at radius 2 is 1.79 bits per heavy atom. The molecule has 2 amide bonds. The molecule has 1 aromatic carbocycles. The summed E-state index contributed by atoms with van der Waals surface area (Å²) >= 11 is 0. The first-order chi connectivity index (χ1) is 14.2. The second-order valence-corrected chi connectivity index (χ2v) is 10.4. The Balaban J connectivity index is 1.17. The van der Waals surface area contributed by atoms with Gasteiger partial charge in [0.05, 0.1) is 0 Å². The first-order valence-electron chi connectivity index (χ1n) is 10.4. The Hall–Kier alpha value is -1.54. The van der Waals surface area contributed by atoms with Crippen LogP contribution in [0.4, 0.5) is 0 Å². The van der Waals surface area contributed by atoms with Gasteiger partial charge in [0.2, 0.25) is 12.0 Å². The van der Waals surface area contributed by atoms with Crippen molar-refractivity contribution >= 4 is 33.4 Å². The summed E-state index contributed by atoms with van der Waals surface area (Å²) < 4.78 is 11.5. The van der Waals surface area contributed by atoms with Crippen LogP contribution in [0.3, 0.4) is 0 Å². The molecule has 2 atom stereocenters. The SMILES string of the molecule is O=C(CCCCC1CCSS1)N1CCN(C(=O)C2COc3ccccc3O2)CC1. The number of carbonyl (C=O) groups is 2. The van der Waals surface area contributed by atoms with E-state index in [0.29, 0.717) is 44.1 Å². The minimum atomic E-state index is -0.612. The van der Waals surface area contributed by atoms with Crippen molar-refractivity contribution < 1.29 is 19.1 Å². The van der Waals surface area contributed by atoms with Gasteiger partial charge in [-0.1, -0.05) is 40.1 Å². The molecule has 0 aromatic heterocycles. The van der Waals surface area contributed by atoms with Crippen LogP contribution in [0.15, 0.2) is 24.3 Å². The average molecular weight is 437 g/mol. The molecule has 2 fully saturated rings. The van der Waals surface area contributed by atoms with Crippen molar-refractivity contribution in [3.63, 3.8) is 0 Å². The fourth-order valence-corrected chi connectivity index (χ4v) is 6.92. The van der Waals surface area contributed by atoms with Gasteiger partial charge in [-0.3, -0.25) is 9.59 Å². The van der Waals surface area contributed by atoms with Crippen LogP contribution >= 0.6 is 21.6 Å². The maximum Gasteiger partial charge on any atom is 0.267 e. The number of para-hydroxylation sites is 2. The van der Waals surface area contributed by atoms with Crippen molar-refractivity contribution in [3.05, 3.63) is 24.3 Å². The summed E-state index contributed by atoms with van der Waals surface area (Å²) in [7, 11) is 3.98. The van der Waals surface area contributed by atoms with E-state index in [0.717, 1.165) is 18.1 Å². The molecule has 0 bridgehead atoms. The second-order valence-electron chi connectivity index (χ2n) is 7.64. The van der Waals surface area contributed by atoms with E-state index >= 15 is 0 Å². The third-order valence-corrected chi connectivity index (χ3v) is 8.63. The Bertz CT molecular complexity index is 718. The molecule has 0 saturated carbocycles. The zero-order valence-electron chi connectivity index (χ0n) is 16.6. The van der Waals surface area contributed by atoms with Crippen LogP contribution in [0.1, 0.15) is 32.1 Å². The predicted octanol–water partition coefficient (Wildman–Crippen LogP) is 3.21. The fourth-order valence-electron chi connectivity index (χ4n) is 3.89. The number of rotatable bonds is 6. The number of amides is 2. The summed E-state index contributed by atoms with van der Waals surface area (Å²) in [6.45, 7) is 2.55. The summed E-state index contributed by atoms with van der Waals surface area (Å²) in [6.07, 6.45) is 4.63. The monoisotopic (exact) mass is 436 g/mol. The van der Waals surface area contributed by atoms with Crippen molar-refractivity contribution in [1.82, 2.24) is 9.80 Å². The Kier molecular flexibility index (Phi) is 7.13. The van der Waals surface area contributed by atoms with E-state index in [1.165, 1.54) is 18.6 Å². The third kappa shape index (κ3) is 5.34. The van der Waals surface area contributed by atoms with Crippen molar-refractivity contribution in [1.29, 1.82) is 0 Å². The molecule has 0 N–H and O–H groups in total. The predicted molar refractivity (Wildman–Crippen MR) is 116 cm³/mol. The molecule has 0 spiro atoms. The van der Waals surface area contributed by atoms with Gasteiger partial charge in [0.25, 0.3) is 5.91 Å². The molecule has 3 heterocycles. The van der Waals surface area contributed by atoms with Gasteiger partial charge in [0.1, 0.15) is 6.61 Å². The highest BCUT2D eigenvalue weighted by molar-refractivity contribution is 8.77. The summed E-state index contributed by atoms with van der Waals surface area (Å²) in [5.41, 5.74) is 0. The Morgan fingerprint density at radius 3 is 2.55 bits per heavy atom. The molecule has 0 radical (unpaired) electrons. The molecule has 4 rings (SSSR count). The van der Waals surface area contributed by atoms with E-state index in [4.69, 9.17) is 9.47 Å². The molecule has 0 aliphatic carbocycles. The number of piperazine rings is 1. The Labute approximate surface area is 180 Å². The van der Waals surface area contributed by atoms with Gasteiger partial charge in [0.15, 0.2) is 11.5 Å².